The molecular formula is C18H23N3O4S. The van der Waals surface area contributed by atoms with Crippen LogP contribution in [0.3, 0.4) is 0 Å². The quantitative estimate of drug-likeness (QED) is 0.661. The number of nitrogens with two attached hydrogens (primary N) is 1. The molecule has 0 aliphatic rings. The Labute approximate surface area is 153 Å². The van der Waals surface area contributed by atoms with Crippen molar-refractivity contribution in [2.45, 2.75) is 30.4 Å². The Morgan fingerprint density at radius 1 is 1.19 bits per heavy atom. The van der Waals surface area contributed by atoms with Gasteiger partial charge in [-0.3, -0.25) is 9.78 Å². The normalized spacial score (nSPS) is 14.2. The summed E-state index contributed by atoms with van der Waals surface area (Å²) in [6, 6.07) is 11.1. The molecule has 3 N–H and O–H groups in total. The largest absolute Gasteiger partial charge is 0.392 e. The zero-order valence-electron chi connectivity index (χ0n) is 14.5. The van der Waals surface area contributed by atoms with Crippen LogP contribution in [0.1, 0.15) is 12.5 Å². The number of benzene rings is 1. The number of carbonyl (C=O) groups is 1. The van der Waals surface area contributed by atoms with E-state index < -0.39 is 34.5 Å². The van der Waals surface area contributed by atoms with Gasteiger partial charge < -0.3 is 10.8 Å². The van der Waals surface area contributed by atoms with Crippen LogP contribution >= 0.6 is 0 Å². The lowest BCUT2D eigenvalue weighted by Gasteiger charge is -2.24. The van der Waals surface area contributed by atoms with Crippen LogP contribution in [0.5, 0.6) is 0 Å². The van der Waals surface area contributed by atoms with Crippen molar-refractivity contribution >= 4 is 15.8 Å². The fourth-order valence-electron chi connectivity index (χ4n) is 2.47. The van der Waals surface area contributed by atoms with Crippen LogP contribution in [-0.2, 0) is 21.2 Å². The number of carbonyl (C=O) groups excluding carboxylic acids is 1. The summed E-state index contributed by atoms with van der Waals surface area (Å²) >= 11 is 0. The van der Waals surface area contributed by atoms with Crippen LogP contribution < -0.4 is 5.73 Å². The van der Waals surface area contributed by atoms with Crippen molar-refractivity contribution in [3.8, 4) is 0 Å². The van der Waals surface area contributed by atoms with Gasteiger partial charge in [-0.05, 0) is 31.0 Å². The van der Waals surface area contributed by atoms with Crippen molar-refractivity contribution in [1.82, 2.24) is 9.29 Å². The molecule has 7 nitrogen and oxygen atoms in total. The van der Waals surface area contributed by atoms with E-state index in [1.807, 2.05) is 30.3 Å². The first kappa shape index (κ1) is 20.2. The Bertz CT molecular complexity index is 811. The Morgan fingerprint density at radius 3 is 2.38 bits per heavy atom. The molecule has 1 heterocycles. The minimum Gasteiger partial charge on any atom is -0.392 e. The molecule has 2 atom stereocenters. The van der Waals surface area contributed by atoms with Crippen molar-refractivity contribution in [3.63, 3.8) is 0 Å². The Balaban J connectivity index is 2.15. The molecule has 0 amide bonds. The fourth-order valence-corrected chi connectivity index (χ4v) is 3.95. The molecule has 2 aromatic rings. The highest BCUT2D eigenvalue weighted by molar-refractivity contribution is 7.89. The van der Waals surface area contributed by atoms with Gasteiger partial charge in [-0.15, -0.1) is 0 Å². The highest BCUT2D eigenvalue weighted by atomic mass is 32.2. The topological polar surface area (TPSA) is 114 Å². The summed E-state index contributed by atoms with van der Waals surface area (Å²) in [5.74, 6) is -0.410. The minimum atomic E-state index is -3.94. The van der Waals surface area contributed by atoms with Crippen LogP contribution in [0, 0.1) is 0 Å². The predicted octanol–water partition coefficient (Wildman–Crippen LogP) is 0.592. The van der Waals surface area contributed by atoms with E-state index >= 15 is 0 Å². The number of hydrogen-bond acceptors (Lipinski definition) is 6. The van der Waals surface area contributed by atoms with E-state index in [1.54, 1.807) is 0 Å². The van der Waals surface area contributed by atoms with Crippen LogP contribution in [0.4, 0.5) is 0 Å². The fraction of sp³-hybridized carbons (Fsp3) is 0.333. The SMILES string of the molecule is CC(O)CN(CC(=O)C(N)Cc1ccccc1)S(=O)(=O)c1ccncc1. The van der Waals surface area contributed by atoms with Gasteiger partial charge in [0.05, 0.1) is 23.6 Å². The van der Waals surface area contributed by atoms with Gasteiger partial charge in [0.25, 0.3) is 0 Å². The minimum absolute atomic E-state index is 0.0116. The number of nitrogens with zero attached hydrogens (tertiary/aromatic N) is 2. The van der Waals surface area contributed by atoms with Gasteiger partial charge in [0.1, 0.15) is 0 Å². The summed E-state index contributed by atoms with van der Waals surface area (Å²) in [5, 5.41) is 9.66. The molecule has 0 saturated heterocycles. The lowest BCUT2D eigenvalue weighted by atomic mass is 10.0. The number of hydrogen-bond donors (Lipinski definition) is 2. The molecule has 0 aliphatic heterocycles. The van der Waals surface area contributed by atoms with Crippen molar-refractivity contribution in [2.75, 3.05) is 13.1 Å². The van der Waals surface area contributed by atoms with E-state index in [2.05, 4.69) is 4.98 Å². The number of ketones is 1. The number of sulfonamides is 1. The zero-order valence-corrected chi connectivity index (χ0v) is 15.3. The number of pyridine rings is 1. The van der Waals surface area contributed by atoms with Gasteiger partial charge in [-0.2, -0.15) is 4.31 Å². The van der Waals surface area contributed by atoms with E-state index in [9.17, 15) is 18.3 Å². The maximum absolute atomic E-state index is 12.8. The first-order valence-corrected chi connectivity index (χ1v) is 9.65. The maximum atomic E-state index is 12.8. The molecule has 1 aromatic carbocycles. The molecule has 2 unspecified atom stereocenters. The van der Waals surface area contributed by atoms with Crippen LogP contribution in [0.25, 0.3) is 0 Å². The summed E-state index contributed by atoms with van der Waals surface area (Å²) in [6.45, 7) is 0.863. The number of aliphatic hydroxyl groups is 1. The molecule has 0 spiro atoms. The third-order valence-electron chi connectivity index (χ3n) is 3.80. The molecule has 8 heteroatoms. The third-order valence-corrected chi connectivity index (χ3v) is 5.63. The molecule has 0 saturated carbocycles. The molecule has 26 heavy (non-hydrogen) atoms. The van der Waals surface area contributed by atoms with E-state index in [-0.39, 0.29) is 11.4 Å². The van der Waals surface area contributed by atoms with Gasteiger partial charge >= 0.3 is 0 Å². The summed E-state index contributed by atoms with van der Waals surface area (Å²) in [5.41, 5.74) is 6.86. The molecule has 2 rings (SSSR count). The standard InChI is InChI=1S/C18H23N3O4S/c1-14(22)12-21(26(24,25)16-7-9-20-10-8-16)13-18(23)17(19)11-15-5-3-2-4-6-15/h2-10,14,17,22H,11-13,19H2,1H3. The number of aliphatic hydroxyl groups excluding tert-OH is 1. The van der Waals surface area contributed by atoms with Crippen LogP contribution in [0.15, 0.2) is 59.8 Å². The molecule has 0 bridgehead atoms. The van der Waals surface area contributed by atoms with Gasteiger partial charge in [0.2, 0.25) is 10.0 Å². The maximum Gasteiger partial charge on any atom is 0.243 e. The van der Waals surface area contributed by atoms with E-state index in [1.165, 1.54) is 31.5 Å². The summed E-state index contributed by atoms with van der Waals surface area (Å²) in [7, 11) is -3.94. The van der Waals surface area contributed by atoms with Gasteiger partial charge in [0.15, 0.2) is 5.78 Å². The van der Waals surface area contributed by atoms with E-state index in [0.29, 0.717) is 6.42 Å². The van der Waals surface area contributed by atoms with E-state index in [0.717, 1.165) is 9.87 Å². The Kier molecular flexibility index (Phi) is 6.98. The van der Waals surface area contributed by atoms with Crippen molar-refractivity contribution in [3.05, 3.63) is 60.4 Å². The molecule has 0 aliphatic carbocycles. The average Bonchev–Trinajstić information content (AvgIpc) is 2.62. The second-order valence-corrected chi connectivity index (χ2v) is 8.03. The summed E-state index contributed by atoms with van der Waals surface area (Å²) in [4.78, 5) is 16.3. The second-order valence-electron chi connectivity index (χ2n) is 6.09. The van der Waals surface area contributed by atoms with Crippen molar-refractivity contribution in [2.24, 2.45) is 5.73 Å². The average molecular weight is 377 g/mol. The molecule has 1 aromatic heterocycles. The van der Waals surface area contributed by atoms with Gasteiger partial charge in [-0.25, -0.2) is 8.42 Å². The monoisotopic (exact) mass is 377 g/mol. The summed E-state index contributed by atoms with van der Waals surface area (Å²) < 4.78 is 26.5. The smallest absolute Gasteiger partial charge is 0.243 e. The Morgan fingerprint density at radius 2 is 1.81 bits per heavy atom. The lowest BCUT2D eigenvalue weighted by molar-refractivity contribution is -0.120. The van der Waals surface area contributed by atoms with Crippen LogP contribution in [-0.4, -0.2) is 53.8 Å². The Hall–Kier alpha value is -2.13. The second kappa shape index (κ2) is 9.00. The highest BCUT2D eigenvalue weighted by Gasteiger charge is 2.29. The molecule has 140 valence electrons. The summed E-state index contributed by atoms with van der Waals surface area (Å²) in [6.07, 6.45) is 2.11. The number of aromatic nitrogens is 1. The first-order valence-electron chi connectivity index (χ1n) is 8.21. The molecule has 0 fully saturated rings. The van der Waals surface area contributed by atoms with Gasteiger partial charge in [-0.1, -0.05) is 30.3 Å². The van der Waals surface area contributed by atoms with Crippen molar-refractivity contribution < 1.29 is 18.3 Å². The number of Topliss-reactive ketones (excluding diaryl/α,β-unsaturated/α-hetero) is 1. The van der Waals surface area contributed by atoms with Gasteiger partial charge in [0, 0.05) is 18.9 Å². The molecule has 0 radical (unpaired) electrons. The third kappa shape index (κ3) is 5.43. The zero-order chi connectivity index (χ0) is 19.2. The predicted molar refractivity (Wildman–Crippen MR) is 97.8 cm³/mol. The lowest BCUT2D eigenvalue weighted by Crippen LogP contribution is -2.45. The molecular weight excluding hydrogens is 354 g/mol. The van der Waals surface area contributed by atoms with E-state index in [4.69, 9.17) is 5.73 Å². The number of rotatable bonds is 9. The first-order chi connectivity index (χ1) is 12.3. The van der Waals surface area contributed by atoms with Crippen LogP contribution in [0.2, 0.25) is 0 Å². The van der Waals surface area contributed by atoms with Crippen molar-refractivity contribution in [1.29, 1.82) is 0 Å². The highest BCUT2D eigenvalue weighted by Crippen LogP contribution is 2.15.